The summed E-state index contributed by atoms with van der Waals surface area (Å²) in [7, 11) is 1.61. The highest BCUT2D eigenvalue weighted by Gasteiger charge is 2.11. The summed E-state index contributed by atoms with van der Waals surface area (Å²) >= 11 is 11.9. The Labute approximate surface area is 119 Å². The van der Waals surface area contributed by atoms with Crippen LogP contribution in [0.2, 0.25) is 10.0 Å². The maximum Gasteiger partial charge on any atom is 0.226 e. The SMILES string of the molecule is CN=C(Nc1cc(Cl)cc(Cl)c1)n1nnnc1CN. The number of anilines is 1. The first-order chi connectivity index (χ1) is 9.13. The van der Waals surface area contributed by atoms with E-state index in [1.54, 1.807) is 25.2 Å². The first-order valence-electron chi connectivity index (χ1n) is 5.31. The molecular formula is C10H11Cl2N7. The summed E-state index contributed by atoms with van der Waals surface area (Å²) in [5.74, 6) is 0.907. The number of nitrogens with zero attached hydrogens (tertiary/aromatic N) is 5. The minimum Gasteiger partial charge on any atom is -0.324 e. The second-order valence-electron chi connectivity index (χ2n) is 3.54. The lowest BCUT2D eigenvalue weighted by atomic mass is 10.3. The van der Waals surface area contributed by atoms with E-state index in [0.29, 0.717) is 27.5 Å². The molecule has 0 saturated carbocycles. The highest BCUT2D eigenvalue weighted by atomic mass is 35.5. The Morgan fingerprint density at radius 1 is 1.37 bits per heavy atom. The van der Waals surface area contributed by atoms with E-state index in [1.807, 2.05) is 0 Å². The third kappa shape index (κ3) is 3.19. The zero-order chi connectivity index (χ0) is 13.8. The van der Waals surface area contributed by atoms with E-state index in [-0.39, 0.29) is 6.54 Å². The van der Waals surface area contributed by atoms with Crippen molar-refractivity contribution in [3.63, 3.8) is 0 Å². The Morgan fingerprint density at radius 2 is 2.05 bits per heavy atom. The van der Waals surface area contributed by atoms with Crippen molar-refractivity contribution in [1.82, 2.24) is 20.2 Å². The molecule has 0 radical (unpaired) electrons. The molecule has 0 saturated heterocycles. The maximum absolute atomic E-state index is 5.93. The Kier molecular flexibility index (Phi) is 4.31. The van der Waals surface area contributed by atoms with Gasteiger partial charge in [-0.1, -0.05) is 23.2 Å². The number of hydrogen-bond acceptors (Lipinski definition) is 5. The molecule has 1 aromatic carbocycles. The highest BCUT2D eigenvalue weighted by molar-refractivity contribution is 6.35. The molecule has 0 amide bonds. The van der Waals surface area contributed by atoms with Crippen molar-refractivity contribution >= 4 is 34.8 Å². The number of rotatable bonds is 2. The predicted molar refractivity (Wildman–Crippen MR) is 74.6 cm³/mol. The molecule has 1 heterocycles. The Bertz CT molecular complexity index is 587. The predicted octanol–water partition coefficient (Wildman–Crippen LogP) is 1.38. The molecule has 0 aliphatic rings. The van der Waals surface area contributed by atoms with Gasteiger partial charge in [-0.15, -0.1) is 5.10 Å². The molecule has 9 heteroatoms. The van der Waals surface area contributed by atoms with Gasteiger partial charge < -0.3 is 11.1 Å². The fourth-order valence-corrected chi connectivity index (χ4v) is 1.98. The van der Waals surface area contributed by atoms with Crippen LogP contribution in [0.1, 0.15) is 5.82 Å². The quantitative estimate of drug-likeness (QED) is 0.645. The van der Waals surface area contributed by atoms with Gasteiger partial charge in [0.1, 0.15) is 0 Å². The Hall–Kier alpha value is -1.70. The molecule has 7 nitrogen and oxygen atoms in total. The molecule has 0 atom stereocenters. The number of halogens is 2. The summed E-state index contributed by atoms with van der Waals surface area (Å²) in [6.07, 6.45) is 0. The van der Waals surface area contributed by atoms with E-state index < -0.39 is 0 Å². The van der Waals surface area contributed by atoms with Crippen molar-refractivity contribution < 1.29 is 0 Å². The lowest BCUT2D eigenvalue weighted by Gasteiger charge is -2.10. The van der Waals surface area contributed by atoms with Gasteiger partial charge in [0.15, 0.2) is 5.82 Å². The number of nitrogens with two attached hydrogens (primary N) is 1. The molecule has 0 spiro atoms. The van der Waals surface area contributed by atoms with Gasteiger partial charge >= 0.3 is 0 Å². The molecule has 100 valence electrons. The first kappa shape index (κ1) is 13.7. The topological polar surface area (TPSA) is 94.0 Å². The zero-order valence-corrected chi connectivity index (χ0v) is 11.5. The smallest absolute Gasteiger partial charge is 0.226 e. The van der Waals surface area contributed by atoms with Crippen LogP contribution in [0.4, 0.5) is 5.69 Å². The molecule has 2 aromatic rings. The van der Waals surface area contributed by atoms with E-state index in [1.165, 1.54) is 4.68 Å². The number of aromatic nitrogens is 4. The summed E-state index contributed by atoms with van der Waals surface area (Å²) in [5, 5.41) is 15.2. The molecule has 1 aromatic heterocycles. The second-order valence-corrected chi connectivity index (χ2v) is 4.41. The fourth-order valence-electron chi connectivity index (χ4n) is 1.46. The number of benzene rings is 1. The average Bonchev–Trinajstić information content (AvgIpc) is 2.82. The van der Waals surface area contributed by atoms with Gasteiger partial charge in [0.05, 0.1) is 6.54 Å². The van der Waals surface area contributed by atoms with Crippen LogP contribution < -0.4 is 11.1 Å². The van der Waals surface area contributed by atoms with Gasteiger partial charge in [-0.3, -0.25) is 4.99 Å². The van der Waals surface area contributed by atoms with E-state index in [4.69, 9.17) is 28.9 Å². The molecule has 0 unspecified atom stereocenters. The standard InChI is InChI=1S/C10H11Cl2N7/c1-14-10(19-9(5-13)16-17-18-19)15-8-3-6(11)2-7(12)4-8/h2-4H,5,13H2,1H3,(H,14,15). The van der Waals surface area contributed by atoms with Crippen LogP contribution >= 0.6 is 23.2 Å². The summed E-state index contributed by atoms with van der Waals surface area (Å²) in [5.41, 5.74) is 6.22. The van der Waals surface area contributed by atoms with Gasteiger partial charge in [0, 0.05) is 22.8 Å². The van der Waals surface area contributed by atoms with Crippen LogP contribution in [0.5, 0.6) is 0 Å². The molecule has 19 heavy (non-hydrogen) atoms. The number of hydrogen-bond donors (Lipinski definition) is 2. The van der Waals surface area contributed by atoms with Crippen LogP contribution in [0.25, 0.3) is 0 Å². The Balaban J connectivity index is 2.30. The van der Waals surface area contributed by atoms with Crippen molar-refractivity contribution in [3.8, 4) is 0 Å². The van der Waals surface area contributed by atoms with E-state index in [2.05, 4.69) is 25.8 Å². The Morgan fingerprint density at radius 3 is 2.63 bits per heavy atom. The normalized spacial score (nSPS) is 11.7. The minimum atomic E-state index is 0.198. The number of nitrogens with one attached hydrogen (secondary N) is 1. The minimum absolute atomic E-state index is 0.198. The van der Waals surface area contributed by atoms with E-state index in [9.17, 15) is 0 Å². The van der Waals surface area contributed by atoms with E-state index >= 15 is 0 Å². The van der Waals surface area contributed by atoms with Crippen molar-refractivity contribution in [1.29, 1.82) is 0 Å². The van der Waals surface area contributed by atoms with Crippen LogP contribution in [-0.2, 0) is 6.54 Å². The largest absolute Gasteiger partial charge is 0.324 e. The summed E-state index contributed by atoms with van der Waals surface area (Å²) in [6, 6.07) is 5.07. The van der Waals surface area contributed by atoms with Gasteiger partial charge in [0.2, 0.25) is 5.96 Å². The summed E-state index contributed by atoms with van der Waals surface area (Å²) in [6.45, 7) is 0.198. The molecule has 0 bridgehead atoms. The van der Waals surface area contributed by atoms with Crippen LogP contribution in [0.15, 0.2) is 23.2 Å². The third-order valence-corrected chi connectivity index (χ3v) is 2.68. The molecule has 0 aliphatic heterocycles. The van der Waals surface area contributed by atoms with Crippen molar-refractivity contribution in [2.24, 2.45) is 10.7 Å². The van der Waals surface area contributed by atoms with Gasteiger partial charge in [0.25, 0.3) is 0 Å². The van der Waals surface area contributed by atoms with Crippen LogP contribution in [-0.4, -0.2) is 33.2 Å². The zero-order valence-electron chi connectivity index (χ0n) is 10.0. The van der Waals surface area contributed by atoms with E-state index in [0.717, 1.165) is 0 Å². The fraction of sp³-hybridized carbons (Fsp3) is 0.200. The van der Waals surface area contributed by atoms with Crippen LogP contribution in [0.3, 0.4) is 0 Å². The lowest BCUT2D eigenvalue weighted by molar-refractivity contribution is 0.793. The molecule has 0 fully saturated rings. The first-order valence-corrected chi connectivity index (χ1v) is 6.07. The molecule has 0 aliphatic carbocycles. The average molecular weight is 300 g/mol. The highest BCUT2D eigenvalue weighted by Crippen LogP contribution is 2.22. The van der Waals surface area contributed by atoms with Gasteiger partial charge in [-0.2, -0.15) is 4.68 Å². The van der Waals surface area contributed by atoms with Gasteiger partial charge in [-0.25, -0.2) is 0 Å². The maximum atomic E-state index is 5.93. The van der Waals surface area contributed by atoms with Crippen molar-refractivity contribution in [2.45, 2.75) is 6.54 Å². The molecular weight excluding hydrogens is 289 g/mol. The third-order valence-electron chi connectivity index (χ3n) is 2.25. The molecule has 3 N–H and O–H groups in total. The van der Waals surface area contributed by atoms with Crippen molar-refractivity contribution in [3.05, 3.63) is 34.1 Å². The van der Waals surface area contributed by atoms with Gasteiger partial charge in [-0.05, 0) is 28.6 Å². The van der Waals surface area contributed by atoms with Crippen LogP contribution in [0, 0.1) is 0 Å². The molecule has 2 rings (SSSR count). The lowest BCUT2D eigenvalue weighted by Crippen LogP contribution is -2.26. The van der Waals surface area contributed by atoms with Crippen molar-refractivity contribution in [2.75, 3.05) is 12.4 Å². The summed E-state index contributed by atoms with van der Waals surface area (Å²) in [4.78, 5) is 4.08. The number of tetrazole rings is 1. The second kappa shape index (κ2) is 5.96. The monoisotopic (exact) mass is 299 g/mol. The number of aliphatic imine (C=N–C) groups is 1. The summed E-state index contributed by atoms with van der Waals surface area (Å²) < 4.78 is 1.41.